The maximum atomic E-state index is 12.8. The van der Waals surface area contributed by atoms with E-state index in [0.717, 1.165) is 31.5 Å². The quantitative estimate of drug-likeness (QED) is 0.870. The van der Waals surface area contributed by atoms with E-state index in [-0.39, 0.29) is 11.8 Å². The lowest BCUT2D eigenvalue weighted by Gasteiger charge is -2.28. The van der Waals surface area contributed by atoms with Crippen molar-refractivity contribution in [2.24, 2.45) is 11.7 Å². The number of amides is 1. The van der Waals surface area contributed by atoms with Crippen molar-refractivity contribution in [1.29, 1.82) is 0 Å². The average molecular weight is 304 g/mol. The molecule has 1 aromatic carbocycles. The third-order valence-corrected chi connectivity index (χ3v) is 4.38. The smallest absolute Gasteiger partial charge is 0.232 e. The number of hydrogen-bond acceptors (Lipinski definition) is 2. The van der Waals surface area contributed by atoms with Gasteiger partial charge in [0.15, 0.2) is 0 Å². The van der Waals surface area contributed by atoms with E-state index in [1.807, 2.05) is 35.2 Å². The maximum absolute atomic E-state index is 12.8. The van der Waals surface area contributed by atoms with Gasteiger partial charge in [-0.1, -0.05) is 61.8 Å². The van der Waals surface area contributed by atoms with Crippen molar-refractivity contribution >= 4 is 23.1 Å². The molecule has 3 nitrogen and oxygen atoms in total. The topological polar surface area (TPSA) is 46.3 Å². The van der Waals surface area contributed by atoms with Crippen LogP contribution in [0.1, 0.15) is 37.7 Å². The van der Waals surface area contributed by atoms with Crippen molar-refractivity contribution in [1.82, 2.24) is 4.90 Å². The molecule has 0 aliphatic carbocycles. The van der Waals surface area contributed by atoms with Crippen LogP contribution in [-0.4, -0.2) is 28.9 Å². The van der Waals surface area contributed by atoms with Crippen LogP contribution in [0.15, 0.2) is 30.3 Å². The molecule has 1 fully saturated rings. The summed E-state index contributed by atoms with van der Waals surface area (Å²) in [6, 6.07) is 9.97. The third-order valence-electron chi connectivity index (χ3n) is 4.09. The molecule has 1 saturated heterocycles. The number of carbonyl (C=O) groups is 1. The molecule has 1 aromatic rings. The van der Waals surface area contributed by atoms with E-state index in [1.54, 1.807) is 0 Å². The van der Waals surface area contributed by atoms with Crippen molar-refractivity contribution in [2.45, 2.75) is 38.5 Å². The van der Waals surface area contributed by atoms with Crippen molar-refractivity contribution in [2.75, 3.05) is 13.1 Å². The van der Waals surface area contributed by atoms with Crippen LogP contribution in [0.4, 0.5) is 0 Å². The number of carbonyl (C=O) groups excluding carboxylic acids is 1. The molecular weight excluding hydrogens is 280 g/mol. The standard InChI is InChI=1S/C17H24N2OS/c18-16(21)15(13-14-9-5-4-6-10-14)17(20)19-11-7-2-1-3-8-12-19/h4-6,9-10,15H,1-3,7-8,11-13H2,(H2,18,21). The lowest BCUT2D eigenvalue weighted by molar-refractivity contribution is -0.133. The number of hydrogen-bond donors (Lipinski definition) is 1. The zero-order valence-electron chi connectivity index (χ0n) is 12.5. The van der Waals surface area contributed by atoms with Gasteiger partial charge in [0.05, 0.1) is 10.9 Å². The molecule has 0 spiro atoms. The first-order valence-corrected chi connectivity index (χ1v) is 8.21. The van der Waals surface area contributed by atoms with E-state index < -0.39 is 0 Å². The Balaban J connectivity index is 2.05. The molecule has 114 valence electrons. The number of likely N-dealkylation sites (tertiary alicyclic amines) is 1. The van der Waals surface area contributed by atoms with Gasteiger partial charge in [0.1, 0.15) is 0 Å². The molecule has 2 rings (SSSR count). The van der Waals surface area contributed by atoms with Crippen LogP contribution in [0, 0.1) is 5.92 Å². The Morgan fingerprint density at radius 2 is 1.67 bits per heavy atom. The Morgan fingerprint density at radius 1 is 1.10 bits per heavy atom. The Bertz CT molecular complexity index is 467. The molecule has 1 aliphatic rings. The van der Waals surface area contributed by atoms with Crippen LogP contribution >= 0.6 is 12.2 Å². The maximum Gasteiger partial charge on any atom is 0.232 e. The molecule has 1 atom stereocenters. The average Bonchev–Trinajstić information content (AvgIpc) is 2.44. The summed E-state index contributed by atoms with van der Waals surface area (Å²) in [5, 5.41) is 0. The summed E-state index contributed by atoms with van der Waals surface area (Å²) in [5.74, 6) is -0.268. The van der Waals surface area contributed by atoms with E-state index in [9.17, 15) is 4.79 Å². The third kappa shape index (κ3) is 4.81. The van der Waals surface area contributed by atoms with E-state index in [1.165, 1.54) is 19.3 Å². The Kier molecular flexibility index (Phi) is 6.18. The first-order valence-electron chi connectivity index (χ1n) is 7.80. The molecule has 1 heterocycles. The molecule has 0 saturated carbocycles. The van der Waals surface area contributed by atoms with Crippen LogP contribution in [0.2, 0.25) is 0 Å². The molecule has 0 aromatic heterocycles. The predicted octanol–water partition coefficient (Wildman–Crippen LogP) is 2.92. The molecule has 1 unspecified atom stereocenters. The fraction of sp³-hybridized carbons (Fsp3) is 0.529. The van der Waals surface area contributed by atoms with Gasteiger partial charge in [-0.25, -0.2) is 0 Å². The molecule has 1 amide bonds. The Morgan fingerprint density at radius 3 is 2.24 bits per heavy atom. The van der Waals surface area contributed by atoms with E-state index in [2.05, 4.69) is 0 Å². The van der Waals surface area contributed by atoms with Gasteiger partial charge in [-0.15, -0.1) is 0 Å². The summed E-state index contributed by atoms with van der Waals surface area (Å²) >= 11 is 5.15. The zero-order valence-corrected chi connectivity index (χ0v) is 13.3. The molecule has 1 aliphatic heterocycles. The summed E-state index contributed by atoms with van der Waals surface area (Å²) in [6.07, 6.45) is 6.47. The van der Waals surface area contributed by atoms with Gasteiger partial charge in [-0.05, 0) is 24.8 Å². The van der Waals surface area contributed by atoms with Gasteiger partial charge in [0, 0.05) is 13.1 Å². The van der Waals surface area contributed by atoms with Crippen molar-refractivity contribution in [3.8, 4) is 0 Å². The number of nitrogens with zero attached hydrogens (tertiary/aromatic N) is 1. The Hall–Kier alpha value is -1.42. The molecule has 21 heavy (non-hydrogen) atoms. The second kappa shape index (κ2) is 8.13. The van der Waals surface area contributed by atoms with Crippen LogP contribution < -0.4 is 5.73 Å². The molecule has 0 bridgehead atoms. The van der Waals surface area contributed by atoms with Gasteiger partial charge < -0.3 is 10.6 Å². The number of benzene rings is 1. The minimum Gasteiger partial charge on any atom is -0.393 e. The monoisotopic (exact) mass is 304 g/mol. The van der Waals surface area contributed by atoms with E-state index in [4.69, 9.17) is 18.0 Å². The summed E-state index contributed by atoms with van der Waals surface area (Å²) in [5.41, 5.74) is 6.95. The fourth-order valence-electron chi connectivity index (χ4n) is 2.85. The van der Waals surface area contributed by atoms with Crippen LogP contribution in [0.3, 0.4) is 0 Å². The highest BCUT2D eigenvalue weighted by Gasteiger charge is 2.27. The molecular formula is C17H24N2OS. The first-order chi connectivity index (χ1) is 10.2. The van der Waals surface area contributed by atoms with Gasteiger partial charge in [-0.3, -0.25) is 4.79 Å². The minimum absolute atomic E-state index is 0.105. The summed E-state index contributed by atoms with van der Waals surface area (Å²) in [4.78, 5) is 15.0. The predicted molar refractivity (Wildman–Crippen MR) is 90.1 cm³/mol. The molecule has 0 radical (unpaired) electrons. The highest BCUT2D eigenvalue weighted by molar-refractivity contribution is 7.80. The highest BCUT2D eigenvalue weighted by atomic mass is 32.1. The fourth-order valence-corrected chi connectivity index (χ4v) is 3.03. The zero-order chi connectivity index (χ0) is 15.1. The summed E-state index contributed by atoms with van der Waals surface area (Å²) < 4.78 is 0. The normalized spacial score (nSPS) is 17.6. The van der Waals surface area contributed by atoms with Crippen molar-refractivity contribution in [3.05, 3.63) is 35.9 Å². The molecule has 4 heteroatoms. The van der Waals surface area contributed by atoms with Gasteiger partial charge in [0.25, 0.3) is 0 Å². The van der Waals surface area contributed by atoms with Crippen molar-refractivity contribution in [3.63, 3.8) is 0 Å². The second-order valence-electron chi connectivity index (χ2n) is 5.74. The Labute approximate surface area is 132 Å². The second-order valence-corrected chi connectivity index (χ2v) is 6.21. The number of thiocarbonyl (C=S) groups is 1. The summed E-state index contributed by atoms with van der Waals surface area (Å²) in [7, 11) is 0. The van der Waals surface area contributed by atoms with Gasteiger partial charge in [-0.2, -0.15) is 0 Å². The van der Waals surface area contributed by atoms with Gasteiger partial charge >= 0.3 is 0 Å². The lowest BCUT2D eigenvalue weighted by atomic mass is 9.97. The van der Waals surface area contributed by atoms with Crippen LogP contribution in [0.5, 0.6) is 0 Å². The van der Waals surface area contributed by atoms with Gasteiger partial charge in [0.2, 0.25) is 5.91 Å². The largest absolute Gasteiger partial charge is 0.393 e. The SMILES string of the molecule is NC(=S)C(Cc1ccccc1)C(=O)N1CCCCCCC1. The van der Waals surface area contributed by atoms with E-state index in [0.29, 0.717) is 11.4 Å². The van der Waals surface area contributed by atoms with E-state index >= 15 is 0 Å². The molecule has 2 N–H and O–H groups in total. The summed E-state index contributed by atoms with van der Waals surface area (Å²) in [6.45, 7) is 1.68. The first kappa shape index (κ1) is 16.0. The number of rotatable bonds is 4. The van der Waals surface area contributed by atoms with Crippen molar-refractivity contribution < 1.29 is 4.79 Å². The highest BCUT2D eigenvalue weighted by Crippen LogP contribution is 2.16. The van der Waals surface area contributed by atoms with Crippen LogP contribution in [-0.2, 0) is 11.2 Å². The van der Waals surface area contributed by atoms with Crippen LogP contribution in [0.25, 0.3) is 0 Å². The minimum atomic E-state index is -0.373. The lowest BCUT2D eigenvalue weighted by Crippen LogP contribution is -2.43. The number of nitrogens with two attached hydrogens (primary N) is 1.